The zero-order valence-electron chi connectivity index (χ0n) is 10.1. The molecule has 1 fully saturated rings. The topological polar surface area (TPSA) is 29.3 Å². The Labute approximate surface area is 98.4 Å². The van der Waals surface area contributed by atoms with Gasteiger partial charge < -0.3 is 5.73 Å². The molecule has 1 saturated heterocycles. The van der Waals surface area contributed by atoms with E-state index in [1.54, 1.807) is 0 Å². The highest BCUT2D eigenvalue weighted by molar-refractivity contribution is 5.18. The fourth-order valence-corrected chi connectivity index (χ4v) is 2.63. The molecule has 0 unspecified atom stereocenters. The number of hydrogen-bond donors (Lipinski definition) is 1. The van der Waals surface area contributed by atoms with E-state index in [-0.39, 0.29) is 0 Å². The van der Waals surface area contributed by atoms with E-state index in [9.17, 15) is 0 Å². The second-order valence-corrected chi connectivity index (χ2v) is 4.81. The first-order chi connectivity index (χ1) is 7.81. The van der Waals surface area contributed by atoms with Gasteiger partial charge >= 0.3 is 0 Å². The van der Waals surface area contributed by atoms with Gasteiger partial charge in [-0.25, -0.2) is 0 Å². The summed E-state index contributed by atoms with van der Waals surface area (Å²) in [6, 6.07) is 11.3. The van der Waals surface area contributed by atoms with Crippen molar-refractivity contribution in [2.24, 2.45) is 11.7 Å². The van der Waals surface area contributed by atoms with Crippen molar-refractivity contribution in [3.05, 3.63) is 35.9 Å². The molecule has 0 saturated carbocycles. The SMILES string of the molecule is C[C@@H](c1ccccc1)N1CC[C@H](CCN)C1. The molecule has 1 aliphatic rings. The summed E-state index contributed by atoms with van der Waals surface area (Å²) < 4.78 is 0. The minimum absolute atomic E-state index is 0.545. The lowest BCUT2D eigenvalue weighted by molar-refractivity contribution is 0.251. The van der Waals surface area contributed by atoms with Crippen LogP contribution in [0.4, 0.5) is 0 Å². The molecule has 0 radical (unpaired) electrons. The van der Waals surface area contributed by atoms with E-state index in [0.29, 0.717) is 6.04 Å². The predicted molar refractivity (Wildman–Crippen MR) is 68.2 cm³/mol. The number of hydrogen-bond acceptors (Lipinski definition) is 2. The number of nitrogens with zero attached hydrogens (tertiary/aromatic N) is 1. The molecule has 2 heteroatoms. The Hall–Kier alpha value is -0.860. The summed E-state index contributed by atoms with van der Waals surface area (Å²) in [5.74, 6) is 0.816. The van der Waals surface area contributed by atoms with E-state index >= 15 is 0 Å². The van der Waals surface area contributed by atoms with E-state index in [2.05, 4.69) is 42.2 Å². The molecular formula is C14H22N2. The highest BCUT2D eigenvalue weighted by atomic mass is 15.2. The Morgan fingerprint density at radius 3 is 2.81 bits per heavy atom. The lowest BCUT2D eigenvalue weighted by Gasteiger charge is -2.24. The summed E-state index contributed by atoms with van der Waals surface area (Å²) in [5, 5.41) is 0. The van der Waals surface area contributed by atoms with E-state index < -0.39 is 0 Å². The normalized spacial score (nSPS) is 23.5. The molecule has 0 aromatic heterocycles. The van der Waals surface area contributed by atoms with Gasteiger partial charge in [-0.1, -0.05) is 30.3 Å². The molecule has 1 aromatic rings. The Morgan fingerprint density at radius 2 is 2.12 bits per heavy atom. The summed E-state index contributed by atoms with van der Waals surface area (Å²) >= 11 is 0. The van der Waals surface area contributed by atoms with Crippen LogP contribution >= 0.6 is 0 Å². The first-order valence-electron chi connectivity index (χ1n) is 6.30. The van der Waals surface area contributed by atoms with Crippen molar-refractivity contribution in [1.29, 1.82) is 0 Å². The van der Waals surface area contributed by atoms with Crippen molar-refractivity contribution in [3.63, 3.8) is 0 Å². The summed E-state index contributed by atoms with van der Waals surface area (Å²) in [6.45, 7) is 5.58. The van der Waals surface area contributed by atoms with Crippen LogP contribution in [0.3, 0.4) is 0 Å². The van der Waals surface area contributed by atoms with Gasteiger partial charge in [0.2, 0.25) is 0 Å². The van der Waals surface area contributed by atoms with Crippen molar-refractivity contribution in [2.45, 2.75) is 25.8 Å². The monoisotopic (exact) mass is 218 g/mol. The van der Waals surface area contributed by atoms with Gasteiger partial charge in [0.25, 0.3) is 0 Å². The lowest BCUT2D eigenvalue weighted by atomic mass is 10.1. The van der Waals surface area contributed by atoms with Crippen LogP contribution in [0, 0.1) is 5.92 Å². The maximum atomic E-state index is 5.62. The van der Waals surface area contributed by atoms with E-state index in [0.717, 1.165) is 12.5 Å². The number of likely N-dealkylation sites (tertiary alicyclic amines) is 1. The molecule has 1 aromatic carbocycles. The second-order valence-electron chi connectivity index (χ2n) is 4.81. The highest BCUT2D eigenvalue weighted by Crippen LogP contribution is 2.28. The zero-order chi connectivity index (χ0) is 11.4. The fourth-order valence-electron chi connectivity index (χ4n) is 2.63. The van der Waals surface area contributed by atoms with Crippen LogP contribution in [0.2, 0.25) is 0 Å². The highest BCUT2D eigenvalue weighted by Gasteiger charge is 2.25. The largest absolute Gasteiger partial charge is 0.330 e. The maximum absolute atomic E-state index is 5.62. The van der Waals surface area contributed by atoms with Gasteiger partial charge in [-0.05, 0) is 44.3 Å². The average molecular weight is 218 g/mol. The van der Waals surface area contributed by atoms with Gasteiger partial charge in [-0.2, -0.15) is 0 Å². The van der Waals surface area contributed by atoms with E-state index in [4.69, 9.17) is 5.73 Å². The molecule has 88 valence electrons. The van der Waals surface area contributed by atoms with Crippen LogP contribution in [0.25, 0.3) is 0 Å². The van der Waals surface area contributed by atoms with Gasteiger partial charge in [0.15, 0.2) is 0 Å². The Morgan fingerprint density at radius 1 is 1.38 bits per heavy atom. The lowest BCUT2D eigenvalue weighted by Crippen LogP contribution is -2.24. The van der Waals surface area contributed by atoms with E-state index in [1.165, 1.54) is 31.5 Å². The molecule has 0 spiro atoms. The fraction of sp³-hybridized carbons (Fsp3) is 0.571. The van der Waals surface area contributed by atoms with Gasteiger partial charge in [-0.15, -0.1) is 0 Å². The van der Waals surface area contributed by atoms with Gasteiger partial charge in [-0.3, -0.25) is 4.90 Å². The van der Waals surface area contributed by atoms with Crippen LogP contribution in [-0.4, -0.2) is 24.5 Å². The molecule has 1 heterocycles. The maximum Gasteiger partial charge on any atom is 0.0319 e. The Kier molecular flexibility index (Phi) is 3.97. The molecule has 2 rings (SSSR count). The summed E-state index contributed by atoms with van der Waals surface area (Å²) in [6.07, 6.45) is 2.49. The molecular weight excluding hydrogens is 196 g/mol. The molecule has 16 heavy (non-hydrogen) atoms. The van der Waals surface area contributed by atoms with Crippen LogP contribution in [-0.2, 0) is 0 Å². The molecule has 1 aliphatic heterocycles. The number of rotatable bonds is 4. The molecule has 2 N–H and O–H groups in total. The molecule has 2 nitrogen and oxygen atoms in total. The van der Waals surface area contributed by atoms with Gasteiger partial charge in [0.05, 0.1) is 0 Å². The molecule has 0 aliphatic carbocycles. The van der Waals surface area contributed by atoms with E-state index in [1.807, 2.05) is 0 Å². The third-order valence-electron chi connectivity index (χ3n) is 3.72. The second kappa shape index (κ2) is 5.46. The average Bonchev–Trinajstić information content (AvgIpc) is 2.78. The first kappa shape index (κ1) is 11.6. The third-order valence-corrected chi connectivity index (χ3v) is 3.72. The minimum atomic E-state index is 0.545. The van der Waals surface area contributed by atoms with Gasteiger partial charge in [0.1, 0.15) is 0 Å². The standard InChI is InChI=1S/C14H22N2/c1-12(14-5-3-2-4-6-14)16-10-8-13(11-16)7-9-15/h2-6,12-13H,7-11,15H2,1H3/t12-,13-/m0/s1. The number of nitrogens with two attached hydrogens (primary N) is 1. The molecule has 2 atom stereocenters. The number of benzene rings is 1. The summed E-state index contributed by atoms with van der Waals surface area (Å²) in [7, 11) is 0. The Balaban J connectivity index is 1.94. The zero-order valence-corrected chi connectivity index (χ0v) is 10.1. The minimum Gasteiger partial charge on any atom is -0.330 e. The van der Waals surface area contributed by atoms with Gasteiger partial charge in [0, 0.05) is 12.6 Å². The third kappa shape index (κ3) is 2.63. The van der Waals surface area contributed by atoms with Crippen LogP contribution in [0.15, 0.2) is 30.3 Å². The van der Waals surface area contributed by atoms with Crippen molar-refractivity contribution < 1.29 is 0 Å². The van der Waals surface area contributed by atoms with Crippen LogP contribution < -0.4 is 5.73 Å². The smallest absolute Gasteiger partial charge is 0.0319 e. The van der Waals surface area contributed by atoms with Crippen molar-refractivity contribution in [2.75, 3.05) is 19.6 Å². The molecule has 0 bridgehead atoms. The van der Waals surface area contributed by atoms with Crippen molar-refractivity contribution in [3.8, 4) is 0 Å². The van der Waals surface area contributed by atoms with Crippen LogP contribution in [0.1, 0.15) is 31.4 Å². The van der Waals surface area contributed by atoms with Crippen molar-refractivity contribution in [1.82, 2.24) is 4.90 Å². The van der Waals surface area contributed by atoms with Crippen LogP contribution in [0.5, 0.6) is 0 Å². The summed E-state index contributed by atoms with van der Waals surface area (Å²) in [5.41, 5.74) is 7.05. The summed E-state index contributed by atoms with van der Waals surface area (Å²) in [4.78, 5) is 2.58. The quantitative estimate of drug-likeness (QED) is 0.841. The molecule has 0 amide bonds. The van der Waals surface area contributed by atoms with Crippen molar-refractivity contribution >= 4 is 0 Å². The first-order valence-corrected chi connectivity index (χ1v) is 6.30. The Bertz CT molecular complexity index is 310. The predicted octanol–water partition coefficient (Wildman–Crippen LogP) is 2.42.